The number of aromatic nitrogens is 3. The van der Waals surface area contributed by atoms with E-state index in [1.807, 2.05) is 6.92 Å². The Balaban J connectivity index is 1.29. The van der Waals surface area contributed by atoms with Crippen molar-refractivity contribution in [3.63, 3.8) is 0 Å². The normalized spacial score (nSPS) is 16.8. The van der Waals surface area contributed by atoms with Gasteiger partial charge in [-0.15, -0.1) is 0 Å². The molecular formula is C23H21N7O3S2. The van der Waals surface area contributed by atoms with Gasteiger partial charge in [0.1, 0.15) is 22.4 Å². The summed E-state index contributed by atoms with van der Waals surface area (Å²) in [5, 5.41) is 20.5. The van der Waals surface area contributed by atoms with Gasteiger partial charge >= 0.3 is 0 Å². The number of carbonyl (C=O) groups is 1. The van der Waals surface area contributed by atoms with Crippen molar-refractivity contribution in [1.82, 2.24) is 19.6 Å². The Morgan fingerprint density at radius 3 is 2.71 bits per heavy atom. The van der Waals surface area contributed by atoms with Gasteiger partial charge in [-0.3, -0.25) is 15.0 Å². The molecule has 2 aromatic heterocycles. The number of nitrogens with zero attached hydrogens (tertiary/aromatic N) is 6. The zero-order valence-electron chi connectivity index (χ0n) is 19.2. The van der Waals surface area contributed by atoms with E-state index >= 15 is 0 Å². The molecule has 0 saturated carbocycles. The average molecular weight is 508 g/mol. The minimum absolute atomic E-state index is 0.0117. The number of aryl methyl sites for hydroxylation is 1. The molecule has 0 aliphatic carbocycles. The molecule has 3 aromatic rings. The number of fused-ring (bicyclic) bond motifs is 2. The molecule has 178 valence electrons. The number of aliphatic imine (C=N–C) groups is 1. The van der Waals surface area contributed by atoms with Crippen molar-refractivity contribution < 1.29 is 9.53 Å². The van der Waals surface area contributed by atoms with E-state index in [2.05, 4.69) is 34.0 Å². The van der Waals surface area contributed by atoms with Gasteiger partial charge in [-0.2, -0.15) is 24.7 Å². The highest BCUT2D eigenvalue weighted by Gasteiger charge is 2.35. The number of benzene rings is 1. The summed E-state index contributed by atoms with van der Waals surface area (Å²) in [6.45, 7) is 6.14. The Morgan fingerprint density at radius 2 is 1.97 bits per heavy atom. The molecular weight excluding hydrogens is 486 g/mol. The van der Waals surface area contributed by atoms with E-state index in [-0.39, 0.29) is 23.6 Å². The Morgan fingerprint density at radius 1 is 1.20 bits per heavy atom. The molecule has 1 N–H and O–H groups in total. The van der Waals surface area contributed by atoms with Crippen molar-refractivity contribution >= 4 is 56.1 Å². The molecule has 5 rings (SSSR count). The monoisotopic (exact) mass is 507 g/mol. The number of hydrogen-bond donors (Lipinski definition) is 1. The van der Waals surface area contributed by atoms with Crippen LogP contribution >= 0.6 is 23.1 Å². The van der Waals surface area contributed by atoms with Crippen LogP contribution in [0.25, 0.3) is 11.0 Å². The summed E-state index contributed by atoms with van der Waals surface area (Å²) in [6.07, 6.45) is 2.39. The Kier molecular flexibility index (Phi) is 6.07. The number of amides is 1. The average Bonchev–Trinajstić information content (AvgIpc) is 3.38. The van der Waals surface area contributed by atoms with Crippen molar-refractivity contribution in [3.05, 3.63) is 62.5 Å². The van der Waals surface area contributed by atoms with E-state index < -0.39 is 5.91 Å². The number of nitrogens with one attached hydrogen (secondary N) is 1. The van der Waals surface area contributed by atoms with E-state index in [1.54, 1.807) is 30.3 Å². The lowest BCUT2D eigenvalue weighted by atomic mass is 10.1. The zero-order valence-corrected chi connectivity index (χ0v) is 20.8. The maximum Gasteiger partial charge on any atom is 0.283 e. The maximum absolute atomic E-state index is 12.6. The smallest absolute Gasteiger partial charge is 0.283 e. The Hall–Kier alpha value is -3.64. The summed E-state index contributed by atoms with van der Waals surface area (Å²) in [4.78, 5) is 33.8. The first-order valence-electron chi connectivity index (χ1n) is 10.8. The molecule has 12 heteroatoms. The quantitative estimate of drug-likeness (QED) is 0.504. The molecule has 4 heterocycles. The molecule has 0 radical (unpaired) electrons. The van der Waals surface area contributed by atoms with Crippen LogP contribution < -0.4 is 10.3 Å². The van der Waals surface area contributed by atoms with E-state index in [0.717, 1.165) is 22.0 Å². The van der Waals surface area contributed by atoms with Crippen molar-refractivity contribution in [3.8, 4) is 5.75 Å². The summed E-state index contributed by atoms with van der Waals surface area (Å²) < 4.78 is 7.06. The second kappa shape index (κ2) is 9.19. The van der Waals surface area contributed by atoms with Crippen molar-refractivity contribution in [1.29, 1.82) is 5.41 Å². The van der Waals surface area contributed by atoms with E-state index in [4.69, 9.17) is 10.1 Å². The lowest BCUT2D eigenvalue weighted by molar-refractivity contribution is -0.114. The Bertz CT molecular complexity index is 1500. The zero-order chi connectivity index (χ0) is 24.7. The van der Waals surface area contributed by atoms with E-state index in [1.165, 1.54) is 38.7 Å². The fourth-order valence-corrected chi connectivity index (χ4v) is 5.34. The summed E-state index contributed by atoms with van der Waals surface area (Å²) in [5.41, 5.74) is 1.17. The van der Waals surface area contributed by atoms with E-state index in [0.29, 0.717) is 27.5 Å². The molecule has 0 fully saturated rings. The highest BCUT2D eigenvalue weighted by molar-refractivity contribution is 8.26. The van der Waals surface area contributed by atoms with E-state index in [9.17, 15) is 9.59 Å². The largest absolute Gasteiger partial charge is 0.487 e. The van der Waals surface area contributed by atoms with Gasteiger partial charge in [0.2, 0.25) is 10.1 Å². The highest BCUT2D eigenvalue weighted by atomic mass is 32.2. The summed E-state index contributed by atoms with van der Waals surface area (Å²) >= 11 is 2.68. The third-order valence-electron chi connectivity index (χ3n) is 5.06. The van der Waals surface area contributed by atoms with Crippen molar-refractivity contribution in [2.24, 2.45) is 16.0 Å². The van der Waals surface area contributed by atoms with Crippen LogP contribution in [0.3, 0.4) is 0 Å². The predicted octanol–water partition coefficient (Wildman–Crippen LogP) is 3.70. The number of rotatable bonds is 6. The van der Waals surface area contributed by atoms with Gasteiger partial charge in [-0.1, -0.05) is 37.3 Å². The molecule has 0 atom stereocenters. The number of hydrazone groups is 1. The summed E-state index contributed by atoms with van der Waals surface area (Å²) in [5.74, 6) is 0.554. The molecule has 2 aliphatic rings. The van der Waals surface area contributed by atoms with Gasteiger partial charge in [-0.25, -0.2) is 4.98 Å². The topological polar surface area (TPSA) is 125 Å². The lowest BCUT2D eigenvalue weighted by Crippen LogP contribution is -2.35. The van der Waals surface area contributed by atoms with Crippen LogP contribution in [0.15, 0.2) is 50.8 Å². The number of hydrogen-bond acceptors (Lipinski definition) is 9. The fourth-order valence-electron chi connectivity index (χ4n) is 3.47. The minimum Gasteiger partial charge on any atom is -0.487 e. The first-order chi connectivity index (χ1) is 16.8. The number of carbonyl (C=O) groups excluding carboxylic acids is 1. The molecule has 0 saturated heterocycles. The Labute approximate surface area is 208 Å². The van der Waals surface area contributed by atoms with Crippen LogP contribution in [0.5, 0.6) is 5.75 Å². The van der Waals surface area contributed by atoms with Gasteiger partial charge in [0.25, 0.3) is 11.5 Å². The number of amidine groups is 2. The van der Waals surface area contributed by atoms with Crippen molar-refractivity contribution in [2.75, 3.05) is 0 Å². The molecule has 10 nitrogen and oxygen atoms in total. The SMILES string of the molecule is Cc1nn2c(=O)cc(COc3ccc(/C=C4\C(=N)N5N=C(CC(C)C)SC5=NC4=O)cc3)nc2s1. The van der Waals surface area contributed by atoms with Gasteiger partial charge in [0.15, 0.2) is 5.84 Å². The summed E-state index contributed by atoms with van der Waals surface area (Å²) in [7, 11) is 0. The summed E-state index contributed by atoms with van der Waals surface area (Å²) in [6, 6.07) is 8.49. The maximum atomic E-state index is 12.6. The molecule has 0 bridgehead atoms. The van der Waals surface area contributed by atoms with Crippen molar-refractivity contribution in [2.45, 2.75) is 33.8 Å². The highest BCUT2D eigenvalue weighted by Crippen LogP contribution is 2.30. The van der Waals surface area contributed by atoms with Gasteiger partial charge in [0, 0.05) is 12.5 Å². The van der Waals surface area contributed by atoms with Crippen LogP contribution in [-0.4, -0.2) is 41.6 Å². The number of ether oxygens (including phenoxy) is 1. The molecule has 0 spiro atoms. The minimum atomic E-state index is -0.457. The molecule has 0 unspecified atom stereocenters. The van der Waals surface area contributed by atoms with Crippen LogP contribution in [0.2, 0.25) is 0 Å². The molecule has 1 aromatic carbocycles. The van der Waals surface area contributed by atoms with Gasteiger partial charge in [0.05, 0.1) is 11.3 Å². The first kappa shape index (κ1) is 23.1. The predicted molar refractivity (Wildman–Crippen MR) is 137 cm³/mol. The van der Waals surface area contributed by atoms with Crippen LogP contribution in [0.4, 0.5) is 0 Å². The lowest BCUT2D eigenvalue weighted by Gasteiger charge is -2.20. The molecule has 1 amide bonds. The van der Waals surface area contributed by atoms with Gasteiger partial charge in [-0.05, 0) is 48.4 Å². The molecule has 35 heavy (non-hydrogen) atoms. The van der Waals surface area contributed by atoms with Crippen LogP contribution in [0.1, 0.15) is 36.5 Å². The first-order valence-corrected chi connectivity index (χ1v) is 12.5. The molecule has 2 aliphatic heterocycles. The van der Waals surface area contributed by atoms with Gasteiger partial charge < -0.3 is 4.74 Å². The fraction of sp³-hybridized carbons (Fsp3) is 0.261. The third-order valence-corrected chi connectivity index (χ3v) is 6.81. The third kappa shape index (κ3) is 4.80. The second-order valence-corrected chi connectivity index (χ2v) is 10.6. The van der Waals surface area contributed by atoms with Crippen LogP contribution in [-0.2, 0) is 11.4 Å². The number of thioether (sulfide) groups is 1. The van der Waals surface area contributed by atoms with Crippen LogP contribution in [0, 0.1) is 18.3 Å². The second-order valence-electron chi connectivity index (χ2n) is 8.37. The standard InChI is InChI=1S/C23H21N7O3S2/c1-12(2)8-18-28-30-20(24)17(21(32)26-23(30)35-18)9-14-4-6-16(7-5-14)33-11-15-10-19(31)29-22(25-15)34-13(3)27-29/h4-7,9-10,12,24H,8,11H2,1-3H3/b17-9+,24-20?.